The van der Waals surface area contributed by atoms with Gasteiger partial charge in [-0.3, -0.25) is 0 Å². The number of hydrogen-bond donors (Lipinski definition) is 0. The van der Waals surface area contributed by atoms with E-state index in [0.29, 0.717) is 0 Å². The van der Waals surface area contributed by atoms with Crippen LogP contribution in [-0.2, 0) is 0 Å². The topological polar surface area (TPSA) is 0 Å². The smallest absolute Gasteiger partial charge is 0 e. The molecule has 0 heteroatoms. The Hall–Kier alpha value is 0. The first-order valence-electron chi connectivity index (χ1n) is 8.79. The fraction of sp³-hybridized carbons (Fsp3) is 1.00. The van der Waals surface area contributed by atoms with Gasteiger partial charge in [0.1, 0.15) is 0 Å². The molecular weight excluding hydrogens is 216 g/mol. The lowest BCUT2D eigenvalue weighted by molar-refractivity contribution is -0.0834. The Morgan fingerprint density at radius 2 is 1.72 bits per heavy atom. The van der Waals surface area contributed by atoms with Gasteiger partial charge in [0.25, 0.3) is 0 Å². The largest absolute Gasteiger partial charge is 0.0591 e. The van der Waals surface area contributed by atoms with Crippen molar-refractivity contribution in [1.29, 1.82) is 0 Å². The number of fused-ring (bicyclic) bond motifs is 5. The highest BCUT2D eigenvalue weighted by atomic mass is 14.6. The summed E-state index contributed by atoms with van der Waals surface area (Å²) in [4.78, 5) is 0. The second-order valence-corrected chi connectivity index (χ2v) is 8.23. The highest BCUT2D eigenvalue weighted by Gasteiger charge is 2.53. The van der Waals surface area contributed by atoms with Crippen LogP contribution < -0.4 is 0 Å². The van der Waals surface area contributed by atoms with Crippen molar-refractivity contribution in [1.82, 2.24) is 0 Å². The minimum absolute atomic E-state index is 0. The monoisotopic (exact) mass is 248 g/mol. The molecular formula is C18H32. The predicted octanol–water partition coefficient (Wildman–Crippen LogP) is 5.67. The van der Waals surface area contributed by atoms with Crippen LogP contribution in [0.1, 0.15) is 79.0 Å². The Kier molecular flexibility index (Phi) is 2.79. The Morgan fingerprint density at radius 3 is 2.67 bits per heavy atom. The third-order valence-corrected chi connectivity index (χ3v) is 7.78. The number of rotatable bonds is 0. The van der Waals surface area contributed by atoms with Gasteiger partial charge in [0, 0.05) is 1.43 Å². The fourth-order valence-electron chi connectivity index (χ4n) is 6.91. The van der Waals surface area contributed by atoms with Crippen LogP contribution in [0.25, 0.3) is 0 Å². The molecule has 0 aromatic carbocycles. The zero-order valence-electron chi connectivity index (χ0n) is 12.2. The molecule has 0 amide bonds. The normalized spacial score (nSPS) is 55.5. The average molecular weight is 248 g/mol. The van der Waals surface area contributed by atoms with E-state index in [1.807, 2.05) is 0 Å². The van der Waals surface area contributed by atoms with Gasteiger partial charge in [0.2, 0.25) is 0 Å². The van der Waals surface area contributed by atoms with Crippen molar-refractivity contribution in [3.05, 3.63) is 0 Å². The summed E-state index contributed by atoms with van der Waals surface area (Å²) in [7, 11) is 0. The lowest BCUT2D eigenvalue weighted by atomic mass is 9.47. The molecule has 0 aromatic heterocycles. The summed E-state index contributed by atoms with van der Waals surface area (Å²) < 4.78 is 0. The van der Waals surface area contributed by atoms with Gasteiger partial charge in [-0.15, -0.1) is 0 Å². The molecule has 4 saturated carbocycles. The molecule has 0 N–H and O–H groups in total. The third-order valence-electron chi connectivity index (χ3n) is 7.78. The molecule has 0 bridgehead atoms. The maximum absolute atomic E-state index is 2.70. The van der Waals surface area contributed by atoms with Crippen LogP contribution in [0.3, 0.4) is 0 Å². The molecule has 104 valence electrons. The van der Waals surface area contributed by atoms with Crippen molar-refractivity contribution in [2.75, 3.05) is 0 Å². The maximum atomic E-state index is 2.70. The lowest BCUT2D eigenvalue weighted by Gasteiger charge is -2.58. The molecule has 4 rings (SSSR count). The average Bonchev–Trinajstić information content (AvgIpc) is 2.86. The van der Waals surface area contributed by atoms with E-state index in [-0.39, 0.29) is 1.43 Å². The molecule has 4 fully saturated rings. The fourth-order valence-corrected chi connectivity index (χ4v) is 6.91. The van der Waals surface area contributed by atoms with E-state index in [2.05, 4.69) is 6.92 Å². The molecule has 6 atom stereocenters. The molecule has 0 aliphatic heterocycles. The van der Waals surface area contributed by atoms with Gasteiger partial charge in [-0.2, -0.15) is 0 Å². The molecule has 0 spiro atoms. The van der Waals surface area contributed by atoms with Crippen LogP contribution in [0.2, 0.25) is 0 Å². The van der Waals surface area contributed by atoms with Crippen molar-refractivity contribution in [3.8, 4) is 0 Å². The van der Waals surface area contributed by atoms with E-state index in [1.54, 1.807) is 57.8 Å². The molecule has 0 heterocycles. The highest BCUT2D eigenvalue weighted by Crippen LogP contribution is 2.62. The standard InChI is InChI=1S/C18H30.H2/c1-18-12-3-2-6-14(18)9-10-16-15-7-4-5-13(15)8-11-17(16)18;/h13-17H,2-12H2,1H3;1H/t13?,14-,15-,16?,17+,18?;/m1./s1. The van der Waals surface area contributed by atoms with Crippen LogP contribution in [0.4, 0.5) is 0 Å². The molecule has 18 heavy (non-hydrogen) atoms. The van der Waals surface area contributed by atoms with Gasteiger partial charge >= 0.3 is 0 Å². The van der Waals surface area contributed by atoms with Gasteiger partial charge < -0.3 is 0 Å². The zero-order chi connectivity index (χ0) is 12.2. The second-order valence-electron chi connectivity index (χ2n) is 8.23. The Bertz CT molecular complexity index is 326. The van der Waals surface area contributed by atoms with E-state index < -0.39 is 0 Å². The van der Waals surface area contributed by atoms with Gasteiger partial charge in [0.05, 0.1) is 0 Å². The molecule has 0 radical (unpaired) electrons. The summed E-state index contributed by atoms with van der Waals surface area (Å²) in [6.07, 6.45) is 17.3. The van der Waals surface area contributed by atoms with Gasteiger partial charge in [-0.05, 0) is 80.0 Å². The van der Waals surface area contributed by atoms with Crippen LogP contribution in [-0.4, -0.2) is 0 Å². The summed E-state index contributed by atoms with van der Waals surface area (Å²) in [5.41, 5.74) is 0.759. The minimum Gasteiger partial charge on any atom is -0.0591 e. The first kappa shape index (κ1) is 11.8. The van der Waals surface area contributed by atoms with Crippen molar-refractivity contribution in [3.63, 3.8) is 0 Å². The van der Waals surface area contributed by atoms with Gasteiger partial charge in [-0.25, -0.2) is 0 Å². The van der Waals surface area contributed by atoms with Crippen molar-refractivity contribution < 1.29 is 1.43 Å². The van der Waals surface area contributed by atoms with E-state index in [0.717, 1.165) is 35.0 Å². The van der Waals surface area contributed by atoms with Crippen molar-refractivity contribution in [2.24, 2.45) is 35.0 Å². The van der Waals surface area contributed by atoms with Crippen LogP contribution >= 0.6 is 0 Å². The van der Waals surface area contributed by atoms with Gasteiger partial charge in [0.15, 0.2) is 0 Å². The summed E-state index contributed by atoms with van der Waals surface area (Å²) in [5.74, 6) is 5.67. The van der Waals surface area contributed by atoms with E-state index in [1.165, 1.54) is 12.8 Å². The molecule has 4 aliphatic rings. The Labute approximate surface area is 114 Å². The SMILES string of the molecule is CC12CCCC[C@@H]1CCC1[C@@H]3CCCC3CC[C@@H]12.[HH]. The quantitative estimate of drug-likeness (QED) is 0.518. The maximum Gasteiger partial charge on any atom is 0 e. The van der Waals surface area contributed by atoms with Crippen molar-refractivity contribution in [2.45, 2.75) is 77.6 Å². The first-order valence-corrected chi connectivity index (χ1v) is 8.79. The zero-order valence-corrected chi connectivity index (χ0v) is 12.2. The molecule has 0 nitrogen and oxygen atoms in total. The molecule has 0 saturated heterocycles. The Balaban J connectivity index is 0.00000110. The third kappa shape index (κ3) is 1.56. The number of hydrogen-bond acceptors (Lipinski definition) is 0. The molecule has 3 unspecified atom stereocenters. The summed E-state index contributed by atoms with van der Waals surface area (Å²) in [6, 6.07) is 0. The Morgan fingerprint density at radius 1 is 0.778 bits per heavy atom. The second kappa shape index (κ2) is 4.25. The van der Waals surface area contributed by atoms with E-state index in [4.69, 9.17) is 0 Å². The highest BCUT2D eigenvalue weighted by molar-refractivity contribution is 5.03. The summed E-state index contributed by atoms with van der Waals surface area (Å²) in [5, 5.41) is 0. The minimum atomic E-state index is 0. The van der Waals surface area contributed by atoms with Crippen molar-refractivity contribution >= 4 is 0 Å². The lowest BCUT2D eigenvalue weighted by Crippen LogP contribution is -2.49. The first-order chi connectivity index (χ1) is 8.79. The van der Waals surface area contributed by atoms with E-state index >= 15 is 0 Å². The molecule has 4 aliphatic carbocycles. The summed E-state index contributed by atoms with van der Waals surface area (Å²) in [6.45, 7) is 2.70. The van der Waals surface area contributed by atoms with E-state index in [9.17, 15) is 0 Å². The summed E-state index contributed by atoms with van der Waals surface area (Å²) >= 11 is 0. The van der Waals surface area contributed by atoms with Gasteiger partial charge in [-0.1, -0.05) is 32.6 Å². The van der Waals surface area contributed by atoms with Crippen LogP contribution in [0.15, 0.2) is 0 Å². The van der Waals surface area contributed by atoms with Crippen LogP contribution in [0.5, 0.6) is 0 Å². The molecule has 0 aromatic rings. The van der Waals surface area contributed by atoms with Crippen LogP contribution in [0, 0.1) is 35.0 Å². The predicted molar refractivity (Wildman–Crippen MR) is 78.5 cm³/mol.